The summed E-state index contributed by atoms with van der Waals surface area (Å²) >= 11 is 0. The lowest BCUT2D eigenvalue weighted by molar-refractivity contribution is -0.148. The molecule has 0 radical (unpaired) electrons. The lowest BCUT2D eigenvalue weighted by atomic mass is 9.76. The van der Waals surface area contributed by atoms with Gasteiger partial charge in [-0.05, 0) is 36.3 Å². The minimum atomic E-state index is -0.940. The van der Waals surface area contributed by atoms with Crippen LogP contribution >= 0.6 is 0 Å². The van der Waals surface area contributed by atoms with Gasteiger partial charge in [-0.25, -0.2) is 0 Å². The SMILES string of the molecule is CC(=O)OC[C@H]1[C@@H](CC(OC(C)=O)c2ccccc2CC(=O)O)[C@@H]2CC[C@H]1O2. The molecule has 152 valence electrons. The van der Waals surface area contributed by atoms with Crippen LogP contribution in [0.15, 0.2) is 24.3 Å². The summed E-state index contributed by atoms with van der Waals surface area (Å²) < 4.78 is 16.9. The molecule has 5 atom stereocenters. The van der Waals surface area contributed by atoms with Gasteiger partial charge in [0.1, 0.15) is 6.10 Å². The Morgan fingerprint density at radius 2 is 1.79 bits per heavy atom. The number of fused-ring (bicyclic) bond motifs is 2. The smallest absolute Gasteiger partial charge is 0.307 e. The molecule has 0 aliphatic carbocycles. The Kier molecular flexibility index (Phi) is 6.34. The molecule has 3 rings (SSSR count). The van der Waals surface area contributed by atoms with Gasteiger partial charge < -0.3 is 19.3 Å². The summed E-state index contributed by atoms with van der Waals surface area (Å²) in [7, 11) is 0. The van der Waals surface area contributed by atoms with E-state index in [1.807, 2.05) is 6.07 Å². The predicted octanol–water partition coefficient (Wildman–Crippen LogP) is 2.66. The summed E-state index contributed by atoms with van der Waals surface area (Å²) in [4.78, 5) is 34.3. The number of rotatable bonds is 8. The van der Waals surface area contributed by atoms with Crippen LogP contribution in [0.25, 0.3) is 0 Å². The zero-order valence-corrected chi connectivity index (χ0v) is 16.1. The summed E-state index contributed by atoms with van der Waals surface area (Å²) in [6.07, 6.45) is 1.73. The van der Waals surface area contributed by atoms with Crippen LogP contribution < -0.4 is 0 Å². The Bertz CT molecular complexity index is 744. The van der Waals surface area contributed by atoms with Gasteiger partial charge in [-0.3, -0.25) is 14.4 Å². The van der Waals surface area contributed by atoms with Crippen molar-refractivity contribution in [1.82, 2.24) is 0 Å². The molecule has 1 unspecified atom stereocenters. The fourth-order valence-electron chi connectivity index (χ4n) is 4.50. The van der Waals surface area contributed by atoms with Crippen LogP contribution in [0.3, 0.4) is 0 Å². The van der Waals surface area contributed by atoms with Crippen LogP contribution in [-0.2, 0) is 35.0 Å². The van der Waals surface area contributed by atoms with E-state index in [2.05, 4.69) is 0 Å². The molecule has 0 aromatic heterocycles. The van der Waals surface area contributed by atoms with E-state index in [4.69, 9.17) is 14.2 Å². The highest BCUT2D eigenvalue weighted by molar-refractivity contribution is 5.71. The molecule has 7 heteroatoms. The summed E-state index contributed by atoms with van der Waals surface area (Å²) in [6.45, 7) is 3.01. The number of ether oxygens (including phenoxy) is 3. The molecule has 2 aliphatic rings. The summed E-state index contributed by atoms with van der Waals surface area (Å²) in [5.74, 6) is -1.57. The van der Waals surface area contributed by atoms with E-state index in [1.54, 1.807) is 18.2 Å². The van der Waals surface area contributed by atoms with Gasteiger partial charge in [-0.15, -0.1) is 0 Å². The second-order valence-corrected chi connectivity index (χ2v) is 7.52. The molecule has 7 nitrogen and oxygen atoms in total. The van der Waals surface area contributed by atoms with Gasteiger partial charge in [0.15, 0.2) is 0 Å². The van der Waals surface area contributed by atoms with Crippen molar-refractivity contribution in [1.29, 1.82) is 0 Å². The van der Waals surface area contributed by atoms with Gasteiger partial charge in [0.05, 0.1) is 25.2 Å². The molecule has 1 aromatic carbocycles. The van der Waals surface area contributed by atoms with Crippen molar-refractivity contribution in [3.63, 3.8) is 0 Å². The van der Waals surface area contributed by atoms with Gasteiger partial charge in [-0.1, -0.05) is 24.3 Å². The van der Waals surface area contributed by atoms with Crippen molar-refractivity contribution in [2.45, 2.75) is 57.8 Å². The van der Waals surface area contributed by atoms with Crippen LogP contribution in [-0.4, -0.2) is 41.8 Å². The van der Waals surface area contributed by atoms with Crippen molar-refractivity contribution < 1.29 is 33.7 Å². The number of hydrogen-bond acceptors (Lipinski definition) is 6. The Balaban J connectivity index is 1.83. The molecule has 1 aromatic rings. The summed E-state index contributed by atoms with van der Waals surface area (Å²) in [5.41, 5.74) is 1.33. The van der Waals surface area contributed by atoms with Gasteiger partial charge in [-0.2, -0.15) is 0 Å². The Labute approximate surface area is 164 Å². The van der Waals surface area contributed by atoms with Gasteiger partial charge in [0.2, 0.25) is 0 Å². The van der Waals surface area contributed by atoms with Gasteiger partial charge in [0, 0.05) is 19.8 Å². The van der Waals surface area contributed by atoms with E-state index in [-0.39, 0.29) is 43.0 Å². The normalized spacial score (nSPS) is 26.6. The largest absolute Gasteiger partial charge is 0.481 e. The van der Waals surface area contributed by atoms with Crippen LogP contribution in [0.2, 0.25) is 0 Å². The molecule has 0 saturated carbocycles. The van der Waals surface area contributed by atoms with E-state index in [0.717, 1.165) is 12.8 Å². The third kappa shape index (κ3) is 4.70. The van der Waals surface area contributed by atoms with Crippen molar-refractivity contribution in [2.75, 3.05) is 6.61 Å². The second kappa shape index (κ2) is 8.73. The fraction of sp³-hybridized carbons (Fsp3) is 0.571. The molecule has 28 heavy (non-hydrogen) atoms. The fourth-order valence-corrected chi connectivity index (χ4v) is 4.50. The van der Waals surface area contributed by atoms with Crippen molar-refractivity contribution in [2.24, 2.45) is 11.8 Å². The zero-order chi connectivity index (χ0) is 20.3. The Morgan fingerprint density at radius 1 is 1.11 bits per heavy atom. The first-order chi connectivity index (χ1) is 13.3. The van der Waals surface area contributed by atoms with E-state index in [0.29, 0.717) is 17.5 Å². The molecular weight excluding hydrogens is 364 g/mol. The molecule has 0 amide bonds. The standard InChI is InChI=1S/C21H26O7/c1-12(22)26-11-17-16(18-7-8-19(17)28-18)10-20(27-13(2)23)15-6-4-3-5-14(15)9-21(24)25/h3-6,16-20H,7-11H2,1-2H3,(H,24,25)/t16-,17+,18+,19-,20?/m1/s1. The number of benzene rings is 1. The first-order valence-corrected chi connectivity index (χ1v) is 9.60. The number of hydrogen-bond donors (Lipinski definition) is 1. The van der Waals surface area contributed by atoms with Gasteiger partial charge in [0.25, 0.3) is 0 Å². The van der Waals surface area contributed by atoms with E-state index in [1.165, 1.54) is 13.8 Å². The topological polar surface area (TPSA) is 99.1 Å². The Morgan fingerprint density at radius 3 is 2.43 bits per heavy atom. The number of carbonyl (C=O) groups is 3. The quantitative estimate of drug-likeness (QED) is 0.681. The molecule has 2 aliphatic heterocycles. The van der Waals surface area contributed by atoms with Crippen LogP contribution in [0.4, 0.5) is 0 Å². The highest BCUT2D eigenvalue weighted by atomic mass is 16.5. The second-order valence-electron chi connectivity index (χ2n) is 7.52. The zero-order valence-electron chi connectivity index (χ0n) is 16.1. The van der Waals surface area contributed by atoms with E-state index < -0.39 is 18.0 Å². The maximum absolute atomic E-state index is 11.8. The maximum Gasteiger partial charge on any atom is 0.307 e. The average Bonchev–Trinajstić information content (AvgIpc) is 3.20. The predicted molar refractivity (Wildman–Crippen MR) is 98.4 cm³/mol. The lowest BCUT2D eigenvalue weighted by Crippen LogP contribution is -2.33. The monoisotopic (exact) mass is 390 g/mol. The molecule has 2 saturated heterocycles. The van der Waals surface area contributed by atoms with Crippen molar-refractivity contribution in [3.05, 3.63) is 35.4 Å². The lowest BCUT2D eigenvalue weighted by Gasteiger charge is -2.31. The molecule has 2 heterocycles. The highest BCUT2D eigenvalue weighted by Gasteiger charge is 2.50. The third-order valence-electron chi connectivity index (χ3n) is 5.61. The molecule has 0 spiro atoms. The number of carboxylic acids is 1. The molecule has 2 bridgehead atoms. The molecule has 2 fully saturated rings. The maximum atomic E-state index is 11.8. The summed E-state index contributed by atoms with van der Waals surface area (Å²) in [5, 5.41) is 9.21. The first-order valence-electron chi connectivity index (χ1n) is 9.60. The minimum absolute atomic E-state index is 0.0373. The molecular formula is C21H26O7. The summed E-state index contributed by atoms with van der Waals surface area (Å²) in [6, 6.07) is 7.14. The van der Waals surface area contributed by atoms with E-state index in [9.17, 15) is 19.5 Å². The van der Waals surface area contributed by atoms with Crippen LogP contribution in [0, 0.1) is 11.8 Å². The number of carbonyl (C=O) groups excluding carboxylic acids is 2. The highest BCUT2D eigenvalue weighted by Crippen LogP contribution is 2.47. The van der Waals surface area contributed by atoms with Crippen molar-refractivity contribution in [3.8, 4) is 0 Å². The average molecular weight is 390 g/mol. The van der Waals surface area contributed by atoms with Crippen LogP contribution in [0.1, 0.15) is 50.3 Å². The molecule has 1 N–H and O–H groups in total. The Hall–Kier alpha value is -2.41. The van der Waals surface area contributed by atoms with Gasteiger partial charge >= 0.3 is 17.9 Å². The number of carboxylic acid groups (broad SMARTS) is 1. The van der Waals surface area contributed by atoms with Crippen LogP contribution in [0.5, 0.6) is 0 Å². The number of aliphatic carboxylic acids is 1. The third-order valence-corrected chi connectivity index (χ3v) is 5.61. The first kappa shape index (κ1) is 20.3. The van der Waals surface area contributed by atoms with E-state index >= 15 is 0 Å². The van der Waals surface area contributed by atoms with Crippen molar-refractivity contribution >= 4 is 17.9 Å². The number of esters is 2. The minimum Gasteiger partial charge on any atom is -0.481 e.